The second-order valence-corrected chi connectivity index (χ2v) is 4.99. The molecule has 0 bridgehead atoms. The Morgan fingerprint density at radius 3 is 2.68 bits per heavy atom. The molecule has 0 aliphatic carbocycles. The predicted octanol–water partition coefficient (Wildman–Crippen LogP) is 0.984. The number of hydrogen-bond donors (Lipinski definition) is 1. The fourth-order valence-electron chi connectivity index (χ4n) is 2.78. The van der Waals surface area contributed by atoms with E-state index in [-0.39, 0.29) is 24.0 Å². The Bertz CT molecular complexity index is 479. The highest BCUT2D eigenvalue weighted by Gasteiger charge is 2.47. The molecule has 0 spiro atoms. The van der Waals surface area contributed by atoms with Crippen molar-refractivity contribution in [3.63, 3.8) is 0 Å². The van der Waals surface area contributed by atoms with E-state index in [0.717, 1.165) is 12.1 Å². The van der Waals surface area contributed by atoms with Gasteiger partial charge in [0, 0.05) is 19.6 Å². The summed E-state index contributed by atoms with van der Waals surface area (Å²) in [5.74, 6) is -0.0893. The van der Waals surface area contributed by atoms with Crippen molar-refractivity contribution < 1.29 is 9.59 Å². The maximum Gasteiger partial charge on any atom is 0.328 e. The Kier molecular flexibility index (Phi) is 2.98. The van der Waals surface area contributed by atoms with Crippen molar-refractivity contribution in [1.29, 1.82) is 0 Å². The van der Waals surface area contributed by atoms with Crippen LogP contribution in [0.2, 0.25) is 0 Å². The summed E-state index contributed by atoms with van der Waals surface area (Å²) in [5, 5.41) is 3.16. The van der Waals surface area contributed by atoms with Gasteiger partial charge in [0.25, 0.3) is 5.91 Å². The van der Waals surface area contributed by atoms with E-state index < -0.39 is 0 Å². The lowest BCUT2D eigenvalue weighted by molar-refractivity contribution is -0.129. The SMILES string of the molecule is CC(c1ccccc1)N1C(=O)C2CNCCN2C1=O. The Labute approximate surface area is 112 Å². The molecule has 2 aliphatic heterocycles. The van der Waals surface area contributed by atoms with Gasteiger partial charge < -0.3 is 10.2 Å². The van der Waals surface area contributed by atoms with Crippen LogP contribution in [0.1, 0.15) is 18.5 Å². The van der Waals surface area contributed by atoms with Gasteiger partial charge >= 0.3 is 6.03 Å². The molecular formula is C14H17N3O2. The number of piperazine rings is 1. The molecule has 5 nitrogen and oxygen atoms in total. The molecule has 0 radical (unpaired) electrons. The highest BCUT2D eigenvalue weighted by Crippen LogP contribution is 2.28. The normalized spacial score (nSPS) is 24.6. The van der Waals surface area contributed by atoms with Crippen LogP contribution in [0, 0.1) is 0 Å². The number of imide groups is 1. The van der Waals surface area contributed by atoms with Crippen LogP contribution in [-0.4, -0.2) is 47.4 Å². The summed E-state index contributed by atoms with van der Waals surface area (Å²) in [7, 11) is 0. The maximum absolute atomic E-state index is 12.4. The number of rotatable bonds is 2. The van der Waals surface area contributed by atoms with Crippen LogP contribution in [0.5, 0.6) is 0 Å². The van der Waals surface area contributed by atoms with Crippen molar-refractivity contribution in [1.82, 2.24) is 15.1 Å². The highest BCUT2D eigenvalue weighted by atomic mass is 16.2. The van der Waals surface area contributed by atoms with Gasteiger partial charge in [0.2, 0.25) is 0 Å². The lowest BCUT2D eigenvalue weighted by Gasteiger charge is -2.27. The summed E-state index contributed by atoms with van der Waals surface area (Å²) in [4.78, 5) is 27.8. The Morgan fingerprint density at radius 1 is 1.26 bits per heavy atom. The summed E-state index contributed by atoms with van der Waals surface area (Å²) < 4.78 is 0. The zero-order valence-corrected chi connectivity index (χ0v) is 10.9. The summed E-state index contributed by atoms with van der Waals surface area (Å²) in [6.45, 7) is 3.82. The third-order valence-electron chi connectivity index (χ3n) is 3.89. The van der Waals surface area contributed by atoms with Crippen molar-refractivity contribution in [2.24, 2.45) is 0 Å². The molecule has 3 rings (SSSR count). The number of hydrogen-bond acceptors (Lipinski definition) is 3. The largest absolute Gasteiger partial charge is 0.328 e. The first-order valence-electron chi connectivity index (χ1n) is 6.59. The van der Waals surface area contributed by atoms with Gasteiger partial charge in [-0.2, -0.15) is 0 Å². The summed E-state index contributed by atoms with van der Waals surface area (Å²) >= 11 is 0. The minimum atomic E-state index is -0.326. The molecule has 2 fully saturated rings. The smallest absolute Gasteiger partial charge is 0.312 e. The van der Waals surface area contributed by atoms with E-state index in [2.05, 4.69) is 5.32 Å². The molecule has 2 heterocycles. The van der Waals surface area contributed by atoms with E-state index in [9.17, 15) is 9.59 Å². The van der Waals surface area contributed by atoms with Gasteiger partial charge in [-0.3, -0.25) is 9.69 Å². The lowest BCUT2D eigenvalue weighted by Crippen LogP contribution is -2.51. The van der Waals surface area contributed by atoms with Crippen molar-refractivity contribution >= 4 is 11.9 Å². The Hall–Kier alpha value is -1.88. The number of nitrogens with zero attached hydrogens (tertiary/aromatic N) is 2. The average molecular weight is 259 g/mol. The molecule has 2 saturated heterocycles. The average Bonchev–Trinajstić information content (AvgIpc) is 2.72. The number of carbonyl (C=O) groups is 2. The van der Waals surface area contributed by atoms with Crippen LogP contribution in [0.4, 0.5) is 4.79 Å². The van der Waals surface area contributed by atoms with Crippen LogP contribution in [0.25, 0.3) is 0 Å². The summed E-state index contributed by atoms with van der Waals surface area (Å²) in [5.41, 5.74) is 0.983. The molecule has 1 aromatic rings. The number of urea groups is 1. The molecule has 2 aliphatic rings. The first-order valence-corrected chi connectivity index (χ1v) is 6.59. The first-order chi connectivity index (χ1) is 9.20. The van der Waals surface area contributed by atoms with Gasteiger partial charge in [0.05, 0.1) is 6.04 Å². The zero-order chi connectivity index (χ0) is 13.4. The molecule has 3 amide bonds. The van der Waals surface area contributed by atoms with E-state index >= 15 is 0 Å². The molecule has 5 heteroatoms. The number of nitrogens with one attached hydrogen (secondary N) is 1. The van der Waals surface area contributed by atoms with Crippen molar-refractivity contribution in [2.75, 3.05) is 19.6 Å². The van der Waals surface area contributed by atoms with Crippen LogP contribution in [0.15, 0.2) is 30.3 Å². The van der Waals surface area contributed by atoms with Crippen LogP contribution >= 0.6 is 0 Å². The second-order valence-electron chi connectivity index (χ2n) is 4.99. The van der Waals surface area contributed by atoms with E-state index in [4.69, 9.17) is 0 Å². The van der Waals surface area contributed by atoms with Crippen LogP contribution < -0.4 is 5.32 Å². The predicted molar refractivity (Wildman–Crippen MR) is 70.5 cm³/mol. The maximum atomic E-state index is 12.4. The third kappa shape index (κ3) is 1.90. The summed E-state index contributed by atoms with van der Waals surface area (Å²) in [6.07, 6.45) is 0. The van der Waals surface area contributed by atoms with Crippen molar-refractivity contribution in [3.05, 3.63) is 35.9 Å². The molecule has 0 aromatic heterocycles. The fourth-order valence-corrected chi connectivity index (χ4v) is 2.78. The lowest BCUT2D eigenvalue weighted by atomic mass is 10.1. The molecular weight excluding hydrogens is 242 g/mol. The van der Waals surface area contributed by atoms with Gasteiger partial charge in [-0.1, -0.05) is 30.3 Å². The van der Waals surface area contributed by atoms with Gasteiger partial charge in [0.15, 0.2) is 0 Å². The van der Waals surface area contributed by atoms with E-state index in [1.807, 2.05) is 37.3 Å². The Balaban J connectivity index is 1.88. The zero-order valence-electron chi connectivity index (χ0n) is 10.9. The fraction of sp³-hybridized carbons (Fsp3) is 0.429. The molecule has 1 aromatic carbocycles. The minimum absolute atomic E-state index is 0.0893. The number of carbonyl (C=O) groups excluding carboxylic acids is 2. The first kappa shape index (κ1) is 12.2. The van der Waals surface area contributed by atoms with Gasteiger partial charge in [0.1, 0.15) is 6.04 Å². The van der Waals surface area contributed by atoms with Gasteiger partial charge in [-0.25, -0.2) is 4.79 Å². The van der Waals surface area contributed by atoms with Crippen LogP contribution in [-0.2, 0) is 4.79 Å². The number of amides is 3. The molecule has 1 N–H and O–H groups in total. The molecule has 2 atom stereocenters. The highest BCUT2D eigenvalue weighted by molar-refractivity contribution is 6.04. The quantitative estimate of drug-likeness (QED) is 0.806. The Morgan fingerprint density at radius 2 is 2.00 bits per heavy atom. The summed E-state index contributed by atoms with van der Waals surface area (Å²) in [6, 6.07) is 8.96. The second kappa shape index (κ2) is 4.66. The van der Waals surface area contributed by atoms with E-state index in [1.165, 1.54) is 4.90 Å². The number of fused-ring (bicyclic) bond motifs is 1. The topological polar surface area (TPSA) is 52.7 Å². The molecule has 0 saturated carbocycles. The van der Waals surface area contributed by atoms with E-state index in [0.29, 0.717) is 13.1 Å². The number of benzene rings is 1. The monoisotopic (exact) mass is 259 g/mol. The molecule has 19 heavy (non-hydrogen) atoms. The van der Waals surface area contributed by atoms with E-state index in [1.54, 1.807) is 4.90 Å². The van der Waals surface area contributed by atoms with Gasteiger partial charge in [-0.15, -0.1) is 0 Å². The van der Waals surface area contributed by atoms with Gasteiger partial charge in [-0.05, 0) is 12.5 Å². The van der Waals surface area contributed by atoms with Crippen molar-refractivity contribution in [2.45, 2.75) is 19.0 Å². The minimum Gasteiger partial charge on any atom is -0.312 e. The van der Waals surface area contributed by atoms with Crippen LogP contribution in [0.3, 0.4) is 0 Å². The standard InChI is InChI=1S/C14H17N3O2/c1-10(11-5-3-2-4-6-11)17-13(18)12-9-15-7-8-16(12)14(17)19/h2-6,10,12,15H,7-9H2,1H3. The molecule has 2 unspecified atom stereocenters. The third-order valence-corrected chi connectivity index (χ3v) is 3.89. The van der Waals surface area contributed by atoms with Crippen molar-refractivity contribution in [3.8, 4) is 0 Å². The molecule has 100 valence electrons.